The van der Waals surface area contributed by atoms with Crippen LogP contribution in [0.1, 0.15) is 380 Å². The van der Waals surface area contributed by atoms with Gasteiger partial charge in [0.1, 0.15) is 13.2 Å². The molecule has 0 aromatic heterocycles. The number of unbranched alkanes of at least 4 members (excludes halogenated alkanes) is 45. The Balaban J connectivity index is 4.20. The van der Waals surface area contributed by atoms with Crippen molar-refractivity contribution in [1.29, 1.82) is 0 Å². The average molecular weight is 1130 g/mol. The van der Waals surface area contributed by atoms with E-state index in [0.29, 0.717) is 19.3 Å². The van der Waals surface area contributed by atoms with E-state index in [1.54, 1.807) is 0 Å². The largest absolute Gasteiger partial charge is 0.462 e. The Labute approximate surface area is 504 Å². The van der Waals surface area contributed by atoms with E-state index in [9.17, 15) is 14.4 Å². The zero-order valence-corrected chi connectivity index (χ0v) is 54.3. The SMILES string of the molecule is CCCCCC/C=C\C/C=C\CCCCCCCCCC(=O)OC(COC(=O)CCCCCCCCCCCCCCCC)COC(=O)CCCCCCCCCCCCCCCCCC/C=C\C/C=C\C/C=C\CCCCCCC. The summed E-state index contributed by atoms with van der Waals surface area (Å²) >= 11 is 0. The zero-order chi connectivity index (χ0) is 58.5. The van der Waals surface area contributed by atoms with Gasteiger partial charge in [0, 0.05) is 19.3 Å². The number of allylic oxidation sites excluding steroid dienone is 10. The zero-order valence-electron chi connectivity index (χ0n) is 54.3. The van der Waals surface area contributed by atoms with Crippen LogP contribution in [-0.4, -0.2) is 37.2 Å². The fourth-order valence-electron chi connectivity index (χ4n) is 10.6. The van der Waals surface area contributed by atoms with E-state index in [2.05, 4.69) is 81.5 Å². The normalized spacial score (nSPS) is 12.4. The van der Waals surface area contributed by atoms with Gasteiger partial charge in [0.05, 0.1) is 0 Å². The minimum absolute atomic E-state index is 0.0724. The molecule has 1 unspecified atom stereocenters. The quantitative estimate of drug-likeness (QED) is 0.0261. The summed E-state index contributed by atoms with van der Waals surface area (Å²) in [6.45, 7) is 6.66. The maximum absolute atomic E-state index is 12.9. The van der Waals surface area contributed by atoms with Gasteiger partial charge >= 0.3 is 17.9 Å². The number of carbonyl (C=O) groups is 3. The Bertz CT molecular complexity index is 1440. The van der Waals surface area contributed by atoms with Crippen LogP contribution >= 0.6 is 0 Å². The van der Waals surface area contributed by atoms with Gasteiger partial charge < -0.3 is 14.2 Å². The highest BCUT2D eigenvalue weighted by Crippen LogP contribution is 2.18. The van der Waals surface area contributed by atoms with Gasteiger partial charge in [-0.2, -0.15) is 0 Å². The molecule has 0 heterocycles. The molecule has 1 atom stereocenters. The predicted molar refractivity (Wildman–Crippen MR) is 353 cm³/mol. The molecule has 0 radical (unpaired) electrons. The number of hydrogen-bond acceptors (Lipinski definition) is 6. The topological polar surface area (TPSA) is 78.9 Å². The second kappa shape index (κ2) is 69.6. The van der Waals surface area contributed by atoms with Crippen LogP contribution in [0.15, 0.2) is 60.8 Å². The molecule has 0 saturated carbocycles. The van der Waals surface area contributed by atoms with E-state index in [1.165, 1.54) is 257 Å². The van der Waals surface area contributed by atoms with Crippen molar-refractivity contribution in [3.8, 4) is 0 Å². The van der Waals surface area contributed by atoms with Crippen molar-refractivity contribution in [2.75, 3.05) is 13.2 Å². The standard InChI is InChI=1S/C75H136O6/c1-4-7-10-13-16-19-22-25-28-30-32-33-34-35-36-37-38-39-40-41-42-43-44-46-47-50-53-56-59-62-65-68-74(77)80-71-72(70-79-73(76)67-64-61-58-55-52-49-27-24-21-18-15-12-9-6-3)81-75(78)69-66-63-60-57-54-51-48-45-31-29-26-23-20-17-14-11-8-5-2/h20,22-23,25,29-32,34-35,72H,4-19,21,24,26-28,33,36-71H2,1-3H3/b23-20-,25-22-,31-29-,32-30-,35-34-. The molecule has 0 amide bonds. The summed E-state index contributed by atoms with van der Waals surface area (Å²) < 4.78 is 17.0. The van der Waals surface area contributed by atoms with E-state index in [4.69, 9.17) is 14.2 Å². The van der Waals surface area contributed by atoms with Crippen molar-refractivity contribution in [1.82, 2.24) is 0 Å². The van der Waals surface area contributed by atoms with Crippen LogP contribution in [0, 0.1) is 0 Å². The second-order valence-corrected chi connectivity index (χ2v) is 24.1. The van der Waals surface area contributed by atoms with Crippen molar-refractivity contribution < 1.29 is 28.6 Å². The van der Waals surface area contributed by atoms with Gasteiger partial charge in [0.25, 0.3) is 0 Å². The van der Waals surface area contributed by atoms with Crippen molar-refractivity contribution >= 4 is 17.9 Å². The highest BCUT2D eigenvalue weighted by Gasteiger charge is 2.19. The van der Waals surface area contributed by atoms with Gasteiger partial charge in [-0.1, -0.05) is 332 Å². The highest BCUT2D eigenvalue weighted by molar-refractivity contribution is 5.71. The molecule has 0 bridgehead atoms. The van der Waals surface area contributed by atoms with Crippen molar-refractivity contribution in [2.45, 2.75) is 386 Å². The molecule has 0 N–H and O–H groups in total. The lowest BCUT2D eigenvalue weighted by Crippen LogP contribution is -2.30. The lowest BCUT2D eigenvalue weighted by atomic mass is 10.0. The molecule has 472 valence electrons. The molecule has 6 nitrogen and oxygen atoms in total. The van der Waals surface area contributed by atoms with Crippen molar-refractivity contribution in [3.05, 3.63) is 60.8 Å². The molecular weight excluding hydrogens is 997 g/mol. The summed E-state index contributed by atoms with van der Waals surface area (Å²) in [5, 5.41) is 0. The molecule has 0 spiro atoms. The number of esters is 3. The summed E-state index contributed by atoms with van der Waals surface area (Å²) in [4.78, 5) is 38.4. The van der Waals surface area contributed by atoms with Crippen molar-refractivity contribution in [2.24, 2.45) is 0 Å². The predicted octanol–water partition coefficient (Wildman–Crippen LogP) is 24.7. The van der Waals surface area contributed by atoms with Gasteiger partial charge in [-0.05, 0) is 89.9 Å². The molecule has 0 aromatic carbocycles. The summed E-state index contributed by atoms with van der Waals surface area (Å²) in [6, 6.07) is 0. The summed E-state index contributed by atoms with van der Waals surface area (Å²) in [6.07, 6.45) is 89.6. The molecule has 0 fully saturated rings. The van der Waals surface area contributed by atoms with Gasteiger partial charge in [-0.15, -0.1) is 0 Å². The number of carbonyl (C=O) groups excluding carboxylic acids is 3. The molecule has 0 saturated heterocycles. The van der Waals surface area contributed by atoms with E-state index in [1.807, 2.05) is 0 Å². The van der Waals surface area contributed by atoms with Crippen LogP contribution in [0.3, 0.4) is 0 Å². The van der Waals surface area contributed by atoms with Crippen LogP contribution in [0.4, 0.5) is 0 Å². The highest BCUT2D eigenvalue weighted by atomic mass is 16.6. The minimum Gasteiger partial charge on any atom is -0.462 e. The van der Waals surface area contributed by atoms with Gasteiger partial charge in [0.15, 0.2) is 6.10 Å². The average Bonchev–Trinajstić information content (AvgIpc) is 3.47. The third-order valence-electron chi connectivity index (χ3n) is 16.0. The third kappa shape index (κ3) is 67.8. The fourth-order valence-corrected chi connectivity index (χ4v) is 10.6. The maximum Gasteiger partial charge on any atom is 0.306 e. The lowest BCUT2D eigenvalue weighted by molar-refractivity contribution is -0.167. The summed E-state index contributed by atoms with van der Waals surface area (Å²) in [5.41, 5.74) is 0. The Morgan fingerprint density at radius 3 is 0.704 bits per heavy atom. The molecule has 0 rings (SSSR count). The Hall–Kier alpha value is -2.89. The van der Waals surface area contributed by atoms with Crippen LogP contribution in [0.2, 0.25) is 0 Å². The first kappa shape index (κ1) is 78.1. The van der Waals surface area contributed by atoms with Gasteiger partial charge in [0.2, 0.25) is 0 Å². The maximum atomic E-state index is 12.9. The van der Waals surface area contributed by atoms with Gasteiger partial charge in [-0.3, -0.25) is 14.4 Å². The molecule has 0 aliphatic carbocycles. The van der Waals surface area contributed by atoms with E-state index in [0.717, 1.165) is 83.5 Å². The first-order chi connectivity index (χ1) is 40.0. The smallest absolute Gasteiger partial charge is 0.306 e. The third-order valence-corrected chi connectivity index (χ3v) is 16.0. The number of rotatable bonds is 66. The van der Waals surface area contributed by atoms with Crippen LogP contribution in [0.5, 0.6) is 0 Å². The fraction of sp³-hybridized carbons (Fsp3) is 0.827. The van der Waals surface area contributed by atoms with Crippen LogP contribution < -0.4 is 0 Å². The van der Waals surface area contributed by atoms with Crippen LogP contribution in [0.25, 0.3) is 0 Å². The number of hydrogen-bond donors (Lipinski definition) is 0. The first-order valence-corrected chi connectivity index (χ1v) is 35.8. The molecule has 0 aliphatic rings. The minimum atomic E-state index is -0.777. The molecular formula is C75H136O6. The van der Waals surface area contributed by atoms with E-state index < -0.39 is 6.10 Å². The number of ether oxygens (including phenoxy) is 3. The summed E-state index contributed by atoms with van der Waals surface area (Å²) in [7, 11) is 0. The Morgan fingerprint density at radius 1 is 0.247 bits per heavy atom. The molecule has 81 heavy (non-hydrogen) atoms. The van der Waals surface area contributed by atoms with Crippen molar-refractivity contribution in [3.63, 3.8) is 0 Å². The van der Waals surface area contributed by atoms with E-state index >= 15 is 0 Å². The summed E-state index contributed by atoms with van der Waals surface area (Å²) in [5.74, 6) is -0.856. The Morgan fingerprint density at radius 2 is 0.444 bits per heavy atom. The van der Waals surface area contributed by atoms with Crippen LogP contribution in [-0.2, 0) is 28.6 Å². The van der Waals surface area contributed by atoms with E-state index in [-0.39, 0.29) is 31.1 Å². The first-order valence-electron chi connectivity index (χ1n) is 35.8. The monoisotopic (exact) mass is 1130 g/mol. The lowest BCUT2D eigenvalue weighted by Gasteiger charge is -2.18. The molecule has 6 heteroatoms. The Kier molecular flexibility index (Phi) is 67.1. The second-order valence-electron chi connectivity index (χ2n) is 24.1. The molecule has 0 aliphatic heterocycles. The van der Waals surface area contributed by atoms with Gasteiger partial charge in [-0.25, -0.2) is 0 Å². The molecule has 0 aromatic rings.